The minimum Gasteiger partial charge on any atom is -0.494 e. The third-order valence-electron chi connectivity index (χ3n) is 7.18. The van der Waals surface area contributed by atoms with E-state index < -0.39 is 0 Å². The van der Waals surface area contributed by atoms with Crippen molar-refractivity contribution in [2.75, 3.05) is 19.7 Å². The van der Waals surface area contributed by atoms with Crippen molar-refractivity contribution in [2.45, 2.75) is 77.5 Å². The Kier molecular flexibility index (Phi) is 7.12. The molecule has 2 aliphatic heterocycles. The Balaban J connectivity index is 1.25. The zero-order chi connectivity index (χ0) is 20.9. The van der Waals surface area contributed by atoms with Gasteiger partial charge < -0.3 is 4.74 Å². The van der Waals surface area contributed by atoms with Crippen molar-refractivity contribution in [3.8, 4) is 16.9 Å². The smallest absolute Gasteiger partial charge is 0.119 e. The average Bonchev–Trinajstić information content (AvgIpc) is 3.31. The SMILES string of the molecule is CC1CCCN1Cc1ccc(-c2ccc(OCCCN3C(C)CCC3C)cc2)cc1. The van der Waals surface area contributed by atoms with Gasteiger partial charge in [0.05, 0.1) is 6.61 Å². The number of hydrogen-bond acceptors (Lipinski definition) is 3. The van der Waals surface area contributed by atoms with E-state index in [1.165, 1.54) is 48.9 Å². The molecule has 162 valence electrons. The van der Waals surface area contributed by atoms with Crippen LogP contribution in [0.2, 0.25) is 0 Å². The van der Waals surface area contributed by atoms with E-state index in [9.17, 15) is 0 Å². The summed E-state index contributed by atoms with van der Waals surface area (Å²) < 4.78 is 6.00. The van der Waals surface area contributed by atoms with Crippen LogP contribution in [-0.4, -0.2) is 47.6 Å². The molecule has 2 aromatic carbocycles. The van der Waals surface area contributed by atoms with Crippen LogP contribution in [0.5, 0.6) is 5.75 Å². The topological polar surface area (TPSA) is 15.7 Å². The summed E-state index contributed by atoms with van der Waals surface area (Å²) in [5, 5.41) is 0. The Hall–Kier alpha value is -1.84. The van der Waals surface area contributed by atoms with Gasteiger partial charge in [0.15, 0.2) is 0 Å². The Morgan fingerprint density at radius 2 is 1.43 bits per heavy atom. The second kappa shape index (κ2) is 9.98. The number of nitrogens with zero attached hydrogens (tertiary/aromatic N) is 2. The van der Waals surface area contributed by atoms with Crippen LogP contribution in [0.3, 0.4) is 0 Å². The van der Waals surface area contributed by atoms with Gasteiger partial charge >= 0.3 is 0 Å². The van der Waals surface area contributed by atoms with Crippen molar-refractivity contribution in [1.29, 1.82) is 0 Å². The van der Waals surface area contributed by atoms with E-state index in [0.29, 0.717) is 0 Å². The number of benzene rings is 2. The lowest BCUT2D eigenvalue weighted by Crippen LogP contribution is -2.34. The molecule has 30 heavy (non-hydrogen) atoms. The summed E-state index contributed by atoms with van der Waals surface area (Å²) in [7, 11) is 0. The van der Waals surface area contributed by atoms with Crippen LogP contribution in [-0.2, 0) is 6.54 Å². The summed E-state index contributed by atoms with van der Waals surface area (Å²) in [6.45, 7) is 11.3. The van der Waals surface area contributed by atoms with Crippen molar-refractivity contribution < 1.29 is 4.74 Å². The molecular formula is C27H38N2O. The Labute approximate surface area is 183 Å². The van der Waals surface area contributed by atoms with Crippen molar-refractivity contribution >= 4 is 0 Å². The maximum atomic E-state index is 6.00. The van der Waals surface area contributed by atoms with Crippen molar-refractivity contribution in [2.24, 2.45) is 0 Å². The van der Waals surface area contributed by atoms with Gasteiger partial charge in [-0.05, 0) is 88.2 Å². The minimum absolute atomic E-state index is 0.722. The van der Waals surface area contributed by atoms with Gasteiger partial charge in [-0.3, -0.25) is 9.80 Å². The zero-order valence-corrected chi connectivity index (χ0v) is 19.0. The van der Waals surface area contributed by atoms with Crippen LogP contribution in [0.1, 0.15) is 58.4 Å². The molecule has 0 spiro atoms. The third-order valence-corrected chi connectivity index (χ3v) is 7.18. The summed E-state index contributed by atoms with van der Waals surface area (Å²) in [5.41, 5.74) is 3.94. The quantitative estimate of drug-likeness (QED) is 0.502. The molecule has 0 amide bonds. The predicted molar refractivity (Wildman–Crippen MR) is 126 cm³/mol. The van der Waals surface area contributed by atoms with Crippen LogP contribution in [0.4, 0.5) is 0 Å². The molecule has 0 bridgehead atoms. The summed E-state index contributed by atoms with van der Waals surface area (Å²) in [6, 6.07) is 19.8. The third kappa shape index (κ3) is 5.25. The molecule has 2 heterocycles. The number of rotatable bonds is 8. The van der Waals surface area contributed by atoms with E-state index in [0.717, 1.165) is 50.0 Å². The molecule has 0 aliphatic carbocycles. The lowest BCUT2D eigenvalue weighted by atomic mass is 10.0. The second-order valence-corrected chi connectivity index (χ2v) is 9.40. The maximum Gasteiger partial charge on any atom is 0.119 e. The fourth-order valence-electron chi connectivity index (χ4n) is 5.13. The van der Waals surface area contributed by atoms with Gasteiger partial charge in [-0.2, -0.15) is 0 Å². The van der Waals surface area contributed by atoms with Gasteiger partial charge in [-0.1, -0.05) is 36.4 Å². The first-order valence-corrected chi connectivity index (χ1v) is 11.9. The fourth-order valence-corrected chi connectivity index (χ4v) is 5.13. The van der Waals surface area contributed by atoms with Gasteiger partial charge in [-0.25, -0.2) is 0 Å². The van der Waals surface area contributed by atoms with Crippen molar-refractivity contribution in [3.63, 3.8) is 0 Å². The highest BCUT2D eigenvalue weighted by Gasteiger charge is 2.26. The molecular weight excluding hydrogens is 368 g/mol. The van der Waals surface area contributed by atoms with Gasteiger partial charge in [0, 0.05) is 31.2 Å². The first kappa shape index (κ1) is 21.4. The van der Waals surface area contributed by atoms with E-state index >= 15 is 0 Å². The molecule has 3 heteroatoms. The Morgan fingerprint density at radius 1 is 0.800 bits per heavy atom. The van der Waals surface area contributed by atoms with E-state index in [-0.39, 0.29) is 0 Å². The van der Waals surface area contributed by atoms with Crippen LogP contribution in [0.25, 0.3) is 11.1 Å². The van der Waals surface area contributed by atoms with Crippen LogP contribution < -0.4 is 4.74 Å². The Morgan fingerprint density at radius 3 is 2.03 bits per heavy atom. The monoisotopic (exact) mass is 406 g/mol. The molecule has 2 saturated heterocycles. The summed E-state index contributed by atoms with van der Waals surface area (Å²) in [4.78, 5) is 5.21. The molecule has 2 fully saturated rings. The van der Waals surface area contributed by atoms with E-state index in [1.54, 1.807) is 0 Å². The first-order chi connectivity index (χ1) is 14.6. The zero-order valence-electron chi connectivity index (χ0n) is 19.0. The maximum absolute atomic E-state index is 6.00. The largest absolute Gasteiger partial charge is 0.494 e. The summed E-state index contributed by atoms with van der Waals surface area (Å²) >= 11 is 0. The van der Waals surface area contributed by atoms with Gasteiger partial charge in [0.25, 0.3) is 0 Å². The molecule has 3 unspecified atom stereocenters. The molecule has 0 radical (unpaired) electrons. The average molecular weight is 407 g/mol. The summed E-state index contributed by atoms with van der Waals surface area (Å²) in [6.07, 6.45) is 6.43. The predicted octanol–water partition coefficient (Wildman–Crippen LogP) is 5.98. The highest BCUT2D eigenvalue weighted by atomic mass is 16.5. The van der Waals surface area contributed by atoms with E-state index in [2.05, 4.69) is 79.1 Å². The number of hydrogen-bond donors (Lipinski definition) is 0. The van der Waals surface area contributed by atoms with Gasteiger partial charge in [0.1, 0.15) is 5.75 Å². The molecule has 2 aromatic rings. The van der Waals surface area contributed by atoms with Crippen LogP contribution in [0, 0.1) is 0 Å². The first-order valence-electron chi connectivity index (χ1n) is 11.9. The van der Waals surface area contributed by atoms with Crippen molar-refractivity contribution in [1.82, 2.24) is 9.80 Å². The van der Waals surface area contributed by atoms with Gasteiger partial charge in [0.2, 0.25) is 0 Å². The fraction of sp³-hybridized carbons (Fsp3) is 0.556. The van der Waals surface area contributed by atoms with E-state index in [4.69, 9.17) is 4.74 Å². The highest BCUT2D eigenvalue weighted by molar-refractivity contribution is 5.64. The molecule has 4 rings (SSSR count). The molecule has 3 atom stereocenters. The summed E-state index contributed by atoms with van der Waals surface area (Å²) in [5.74, 6) is 0.973. The number of ether oxygens (including phenoxy) is 1. The normalized spacial score (nSPS) is 25.1. The lowest BCUT2D eigenvalue weighted by molar-refractivity contribution is 0.191. The highest BCUT2D eigenvalue weighted by Crippen LogP contribution is 2.26. The van der Waals surface area contributed by atoms with Crippen LogP contribution in [0.15, 0.2) is 48.5 Å². The molecule has 0 N–H and O–H groups in total. The van der Waals surface area contributed by atoms with E-state index in [1.807, 2.05) is 0 Å². The Bertz CT molecular complexity index is 776. The number of likely N-dealkylation sites (tertiary alicyclic amines) is 2. The van der Waals surface area contributed by atoms with Crippen LogP contribution >= 0.6 is 0 Å². The lowest BCUT2D eigenvalue weighted by Gasteiger charge is -2.25. The molecule has 3 nitrogen and oxygen atoms in total. The molecule has 2 aliphatic rings. The van der Waals surface area contributed by atoms with Gasteiger partial charge in [-0.15, -0.1) is 0 Å². The van der Waals surface area contributed by atoms with Crippen molar-refractivity contribution in [3.05, 3.63) is 54.1 Å². The standard InChI is InChI=1S/C27H38N2O/c1-21-6-4-17-28(21)20-24-9-11-25(12-10-24)26-13-15-27(16-14-26)30-19-5-18-29-22(2)7-8-23(29)3/h9-16,21-23H,4-8,17-20H2,1-3H3. The minimum atomic E-state index is 0.722. The second-order valence-electron chi connectivity index (χ2n) is 9.40. The molecule has 0 aromatic heterocycles. The molecule has 0 saturated carbocycles.